The fraction of sp³-hybridized carbons (Fsp3) is 0.167. The Bertz CT molecular complexity index is 654. The second-order valence-electron chi connectivity index (χ2n) is 3.72. The maximum absolute atomic E-state index is 11.7. The summed E-state index contributed by atoms with van der Waals surface area (Å²) in [5, 5.41) is 1.01. The Morgan fingerprint density at radius 2 is 1.81 bits per heavy atom. The topological polar surface area (TPSA) is 56.5 Å². The minimum absolute atomic E-state index is 0.328. The third kappa shape index (κ3) is 1.04. The summed E-state index contributed by atoms with van der Waals surface area (Å²) in [6, 6.07) is 6.87. The molecule has 0 unspecified atom stereocenters. The van der Waals surface area contributed by atoms with Crippen LogP contribution in [0.25, 0.3) is 10.8 Å². The van der Waals surface area contributed by atoms with Gasteiger partial charge in [0.05, 0.1) is 5.39 Å². The Hall–Kier alpha value is -2.10. The van der Waals surface area contributed by atoms with Gasteiger partial charge in [0.2, 0.25) is 0 Å². The molecule has 0 amide bonds. The highest BCUT2D eigenvalue weighted by atomic mass is 16.6. The summed E-state index contributed by atoms with van der Waals surface area (Å²) in [5.41, 5.74) is -0.0535. The predicted octanol–water partition coefficient (Wildman–Crippen LogP) is 2.02. The van der Waals surface area contributed by atoms with Gasteiger partial charge in [-0.25, -0.2) is 9.59 Å². The first-order valence-corrected chi connectivity index (χ1v) is 4.95. The Balaban J connectivity index is 2.54. The number of hydrogen-bond donors (Lipinski definition) is 0. The molecule has 1 aromatic carbocycles. The van der Waals surface area contributed by atoms with Crippen molar-refractivity contribution in [2.75, 3.05) is 0 Å². The summed E-state index contributed by atoms with van der Waals surface area (Å²) in [5.74, 6) is -0.101. The Kier molecular flexibility index (Phi) is 1.68. The first-order valence-electron chi connectivity index (χ1n) is 4.95. The van der Waals surface area contributed by atoms with Gasteiger partial charge in [-0.3, -0.25) is 0 Å². The Morgan fingerprint density at radius 1 is 1.12 bits per heavy atom. The van der Waals surface area contributed by atoms with Crippen molar-refractivity contribution in [2.24, 2.45) is 0 Å². The van der Waals surface area contributed by atoms with Crippen LogP contribution in [0.5, 0.6) is 0 Å². The van der Waals surface area contributed by atoms with Crippen LogP contribution >= 0.6 is 0 Å². The molecule has 0 N–H and O–H groups in total. The number of hydrogen-bond acceptors (Lipinski definition) is 4. The zero-order valence-electron chi connectivity index (χ0n) is 8.52. The van der Waals surface area contributed by atoms with E-state index in [4.69, 9.17) is 9.15 Å². The number of ether oxygens (including phenoxy) is 1. The van der Waals surface area contributed by atoms with Crippen LogP contribution in [0.3, 0.4) is 0 Å². The molecule has 0 saturated carbocycles. The molecule has 1 aliphatic heterocycles. The van der Waals surface area contributed by atoms with E-state index >= 15 is 0 Å². The van der Waals surface area contributed by atoms with E-state index in [9.17, 15) is 9.59 Å². The van der Waals surface area contributed by atoms with Crippen LogP contribution in [0.4, 0.5) is 0 Å². The molecule has 16 heavy (non-hydrogen) atoms. The number of benzene rings is 1. The summed E-state index contributed by atoms with van der Waals surface area (Å²) >= 11 is 0. The number of rotatable bonds is 0. The van der Waals surface area contributed by atoms with Gasteiger partial charge in [-0.2, -0.15) is 0 Å². The monoisotopic (exact) mass is 216 g/mol. The van der Waals surface area contributed by atoms with E-state index in [0.29, 0.717) is 22.1 Å². The van der Waals surface area contributed by atoms with E-state index in [1.54, 1.807) is 31.2 Å². The summed E-state index contributed by atoms with van der Waals surface area (Å²) in [4.78, 5) is 23.3. The SMILES string of the molecule is C[C@H]1OC(=O)c2c1oc(=O)c1ccccc21. The van der Waals surface area contributed by atoms with Crippen molar-refractivity contribution in [3.8, 4) is 0 Å². The largest absolute Gasteiger partial charge is 0.451 e. The van der Waals surface area contributed by atoms with Crippen LogP contribution in [0, 0.1) is 0 Å². The molecule has 3 rings (SSSR count). The normalized spacial score (nSPS) is 18.6. The molecule has 0 bridgehead atoms. The van der Waals surface area contributed by atoms with Crippen LogP contribution in [0.2, 0.25) is 0 Å². The van der Waals surface area contributed by atoms with Crippen LogP contribution in [-0.4, -0.2) is 5.97 Å². The maximum Gasteiger partial charge on any atom is 0.344 e. The van der Waals surface area contributed by atoms with Crippen molar-refractivity contribution in [1.82, 2.24) is 0 Å². The van der Waals surface area contributed by atoms with Crippen molar-refractivity contribution >= 4 is 16.7 Å². The van der Waals surface area contributed by atoms with Crippen LogP contribution in [-0.2, 0) is 4.74 Å². The van der Waals surface area contributed by atoms with E-state index in [-0.39, 0.29) is 0 Å². The number of carbonyl (C=O) groups is 1. The smallest absolute Gasteiger partial charge is 0.344 e. The van der Waals surface area contributed by atoms with Gasteiger partial charge in [-0.15, -0.1) is 0 Å². The molecule has 2 aromatic rings. The lowest BCUT2D eigenvalue weighted by molar-refractivity contribution is 0.0397. The standard InChI is InChI=1S/C12H8O4/c1-6-10-9(12(14)15-6)7-4-2-3-5-8(7)11(13)16-10/h2-6H,1H3/t6-/m1/s1. The van der Waals surface area contributed by atoms with Crippen molar-refractivity contribution in [1.29, 1.82) is 0 Å². The molecule has 4 heteroatoms. The molecule has 1 atom stereocenters. The van der Waals surface area contributed by atoms with Gasteiger partial charge in [0.15, 0.2) is 11.9 Å². The van der Waals surface area contributed by atoms with Crippen molar-refractivity contribution in [3.05, 3.63) is 46.0 Å². The fourth-order valence-corrected chi connectivity index (χ4v) is 1.99. The van der Waals surface area contributed by atoms with E-state index in [0.717, 1.165) is 0 Å². The van der Waals surface area contributed by atoms with E-state index in [1.807, 2.05) is 0 Å². The van der Waals surface area contributed by atoms with Crippen LogP contribution < -0.4 is 5.63 Å². The maximum atomic E-state index is 11.7. The molecule has 0 saturated heterocycles. The quantitative estimate of drug-likeness (QED) is 0.632. The van der Waals surface area contributed by atoms with E-state index < -0.39 is 17.7 Å². The second-order valence-corrected chi connectivity index (χ2v) is 3.72. The number of carbonyl (C=O) groups excluding carboxylic acids is 1. The van der Waals surface area contributed by atoms with Crippen molar-refractivity contribution in [2.45, 2.75) is 13.0 Å². The van der Waals surface area contributed by atoms with Gasteiger partial charge < -0.3 is 9.15 Å². The van der Waals surface area contributed by atoms with Gasteiger partial charge in [-0.05, 0) is 13.0 Å². The van der Waals surface area contributed by atoms with Gasteiger partial charge in [0.25, 0.3) is 0 Å². The molecule has 2 heterocycles. The zero-order chi connectivity index (χ0) is 11.3. The zero-order valence-corrected chi connectivity index (χ0v) is 8.52. The lowest BCUT2D eigenvalue weighted by Crippen LogP contribution is -2.05. The minimum Gasteiger partial charge on any atom is -0.451 e. The molecular weight excluding hydrogens is 208 g/mol. The van der Waals surface area contributed by atoms with Gasteiger partial charge in [-0.1, -0.05) is 18.2 Å². The highest BCUT2D eigenvalue weighted by Gasteiger charge is 2.33. The van der Waals surface area contributed by atoms with Crippen molar-refractivity contribution < 1.29 is 13.9 Å². The molecule has 1 aromatic heterocycles. The summed E-state index contributed by atoms with van der Waals surface area (Å²) in [6.07, 6.45) is -0.486. The summed E-state index contributed by atoms with van der Waals surface area (Å²) in [7, 11) is 0. The van der Waals surface area contributed by atoms with Gasteiger partial charge >= 0.3 is 11.6 Å². The van der Waals surface area contributed by atoms with Crippen molar-refractivity contribution in [3.63, 3.8) is 0 Å². The average molecular weight is 216 g/mol. The molecule has 0 radical (unpaired) electrons. The third-order valence-electron chi connectivity index (χ3n) is 2.72. The lowest BCUT2D eigenvalue weighted by atomic mass is 10.1. The first-order chi connectivity index (χ1) is 7.68. The first kappa shape index (κ1) is 9.15. The summed E-state index contributed by atoms with van der Waals surface area (Å²) < 4.78 is 10.1. The van der Waals surface area contributed by atoms with E-state index in [1.165, 1.54) is 0 Å². The third-order valence-corrected chi connectivity index (χ3v) is 2.72. The Labute approximate surface area is 90.4 Å². The van der Waals surface area contributed by atoms with Crippen LogP contribution in [0.1, 0.15) is 29.1 Å². The van der Waals surface area contributed by atoms with Gasteiger partial charge in [0, 0.05) is 5.39 Å². The molecule has 0 aliphatic carbocycles. The molecule has 0 spiro atoms. The lowest BCUT2D eigenvalue weighted by Gasteiger charge is -2.01. The number of esters is 1. The highest BCUT2D eigenvalue weighted by Crippen LogP contribution is 2.33. The molecule has 0 fully saturated rings. The number of cyclic esters (lactones) is 1. The summed E-state index contributed by atoms with van der Waals surface area (Å²) in [6.45, 7) is 1.68. The van der Waals surface area contributed by atoms with Gasteiger partial charge in [0.1, 0.15) is 5.56 Å². The van der Waals surface area contributed by atoms with Crippen LogP contribution in [0.15, 0.2) is 33.5 Å². The minimum atomic E-state index is -0.486. The molecule has 1 aliphatic rings. The Morgan fingerprint density at radius 3 is 2.56 bits per heavy atom. The number of fused-ring (bicyclic) bond motifs is 3. The average Bonchev–Trinajstić information content (AvgIpc) is 2.55. The predicted molar refractivity (Wildman–Crippen MR) is 56.3 cm³/mol. The highest BCUT2D eigenvalue weighted by molar-refractivity contribution is 6.06. The molecule has 80 valence electrons. The molecule has 4 nitrogen and oxygen atoms in total. The second kappa shape index (κ2) is 2.95. The van der Waals surface area contributed by atoms with E-state index in [2.05, 4.69) is 0 Å². The fourth-order valence-electron chi connectivity index (χ4n) is 1.99. The molecular formula is C12H8O4.